The number of nitrogens with one attached hydrogen (secondary N) is 1. The summed E-state index contributed by atoms with van der Waals surface area (Å²) in [6.07, 6.45) is 4.96. The van der Waals surface area contributed by atoms with Crippen molar-refractivity contribution in [3.8, 4) is 0 Å². The zero-order chi connectivity index (χ0) is 17.0. The van der Waals surface area contributed by atoms with Crippen molar-refractivity contribution in [1.82, 2.24) is 15.1 Å². The van der Waals surface area contributed by atoms with E-state index in [9.17, 15) is 8.78 Å². The van der Waals surface area contributed by atoms with Gasteiger partial charge in [0.25, 0.3) is 0 Å². The Hall–Kier alpha value is -1.04. The van der Waals surface area contributed by atoms with Gasteiger partial charge in [0.05, 0.1) is 0 Å². The fourth-order valence-electron chi connectivity index (χ4n) is 6.09. The summed E-state index contributed by atoms with van der Waals surface area (Å²) in [6.45, 7) is 5.44. The highest BCUT2D eigenvalue weighted by Crippen LogP contribution is 2.48. The van der Waals surface area contributed by atoms with E-state index in [2.05, 4.69) is 15.1 Å². The van der Waals surface area contributed by atoms with Crippen molar-refractivity contribution < 1.29 is 8.78 Å². The number of halogens is 2. The summed E-state index contributed by atoms with van der Waals surface area (Å²) < 4.78 is 27.7. The lowest BCUT2D eigenvalue weighted by Crippen LogP contribution is -2.61. The number of piperidine rings is 4. The number of nitrogens with zero attached hydrogens (tertiary/aromatic N) is 2. The second-order valence-electron chi connectivity index (χ2n) is 8.34. The highest BCUT2D eigenvalue weighted by molar-refractivity contribution is 5.28. The molecule has 25 heavy (non-hydrogen) atoms. The molecule has 0 aliphatic carbocycles. The molecule has 5 saturated heterocycles. The van der Waals surface area contributed by atoms with Gasteiger partial charge in [0.2, 0.25) is 0 Å². The lowest BCUT2D eigenvalue weighted by Gasteiger charge is -2.52. The number of hydrogen-bond donors (Lipinski definition) is 1. The molecular formula is C20H27F2N3. The van der Waals surface area contributed by atoms with E-state index >= 15 is 0 Å². The molecule has 2 bridgehead atoms. The van der Waals surface area contributed by atoms with Crippen molar-refractivity contribution in [3.05, 3.63) is 35.4 Å². The summed E-state index contributed by atoms with van der Waals surface area (Å²) >= 11 is 0. The molecular weight excluding hydrogens is 320 g/mol. The fraction of sp³-hybridized carbons (Fsp3) is 0.700. The molecule has 0 amide bonds. The van der Waals surface area contributed by atoms with Crippen LogP contribution in [0.5, 0.6) is 0 Å². The van der Waals surface area contributed by atoms with Crippen molar-refractivity contribution in [1.29, 1.82) is 0 Å². The van der Waals surface area contributed by atoms with Gasteiger partial charge in [-0.2, -0.15) is 0 Å². The van der Waals surface area contributed by atoms with Crippen molar-refractivity contribution in [2.24, 2.45) is 5.92 Å². The quantitative estimate of drug-likeness (QED) is 0.887. The van der Waals surface area contributed by atoms with Crippen LogP contribution in [0.1, 0.15) is 37.2 Å². The van der Waals surface area contributed by atoms with Crippen LogP contribution in [0.25, 0.3) is 0 Å². The molecule has 5 fully saturated rings. The average Bonchev–Trinajstić information content (AvgIpc) is 3.05. The van der Waals surface area contributed by atoms with Gasteiger partial charge in [-0.3, -0.25) is 9.80 Å². The van der Waals surface area contributed by atoms with Crippen LogP contribution in [-0.2, 0) is 0 Å². The number of rotatable bonds is 2. The van der Waals surface area contributed by atoms with Gasteiger partial charge in [0, 0.05) is 36.7 Å². The molecule has 0 saturated carbocycles. The monoisotopic (exact) mass is 347 g/mol. The van der Waals surface area contributed by atoms with E-state index in [1.165, 1.54) is 25.7 Å². The van der Waals surface area contributed by atoms with Gasteiger partial charge in [0.1, 0.15) is 11.6 Å². The molecule has 1 N–H and O–H groups in total. The van der Waals surface area contributed by atoms with Gasteiger partial charge >= 0.3 is 0 Å². The molecule has 1 aromatic rings. The van der Waals surface area contributed by atoms with E-state index in [1.54, 1.807) is 12.1 Å². The number of benzene rings is 1. The van der Waals surface area contributed by atoms with Crippen molar-refractivity contribution in [2.75, 3.05) is 32.7 Å². The first-order valence-corrected chi connectivity index (χ1v) is 9.87. The summed E-state index contributed by atoms with van der Waals surface area (Å²) in [5.74, 6) is 0.104. The molecule has 0 spiro atoms. The van der Waals surface area contributed by atoms with Crippen LogP contribution in [0.2, 0.25) is 0 Å². The third kappa shape index (κ3) is 2.71. The summed E-state index contributed by atoms with van der Waals surface area (Å²) in [5.41, 5.74) is 0.858. The number of fused-ring (bicyclic) bond motifs is 2. The topological polar surface area (TPSA) is 18.5 Å². The molecule has 1 aromatic carbocycles. The summed E-state index contributed by atoms with van der Waals surface area (Å²) in [4.78, 5) is 5.34. The highest BCUT2D eigenvalue weighted by Gasteiger charge is 2.54. The zero-order valence-electron chi connectivity index (χ0n) is 14.6. The van der Waals surface area contributed by atoms with Crippen LogP contribution in [0.3, 0.4) is 0 Å². The van der Waals surface area contributed by atoms with Crippen molar-refractivity contribution >= 4 is 0 Å². The van der Waals surface area contributed by atoms with Crippen LogP contribution in [0.15, 0.2) is 18.2 Å². The Kier molecular flexibility index (Phi) is 4.06. The molecule has 3 nitrogen and oxygen atoms in total. The van der Waals surface area contributed by atoms with Gasteiger partial charge in [0.15, 0.2) is 0 Å². The molecule has 0 radical (unpaired) electrons. The minimum Gasteiger partial charge on any atom is -0.317 e. The Labute approximate surface area is 148 Å². The predicted molar refractivity (Wildman–Crippen MR) is 93.6 cm³/mol. The van der Waals surface area contributed by atoms with E-state index in [0.717, 1.165) is 50.3 Å². The largest absolute Gasteiger partial charge is 0.317 e. The minimum absolute atomic E-state index is 0.230. The highest BCUT2D eigenvalue weighted by atomic mass is 19.1. The first-order valence-electron chi connectivity index (χ1n) is 9.87. The molecule has 6 rings (SSSR count). The first kappa shape index (κ1) is 16.2. The van der Waals surface area contributed by atoms with Crippen LogP contribution < -0.4 is 5.32 Å². The van der Waals surface area contributed by atoms with E-state index < -0.39 is 11.6 Å². The number of hydrogen-bond acceptors (Lipinski definition) is 3. The average molecular weight is 347 g/mol. The van der Waals surface area contributed by atoms with Crippen molar-refractivity contribution in [3.63, 3.8) is 0 Å². The Balaban J connectivity index is 1.51. The second-order valence-corrected chi connectivity index (χ2v) is 8.34. The minimum atomic E-state index is -0.442. The van der Waals surface area contributed by atoms with Crippen LogP contribution in [-0.4, -0.2) is 60.6 Å². The Morgan fingerprint density at radius 1 is 0.880 bits per heavy atom. The van der Waals surface area contributed by atoms with E-state index in [4.69, 9.17) is 0 Å². The number of likely N-dealkylation sites (tertiary alicyclic amines) is 1. The lowest BCUT2D eigenvalue weighted by molar-refractivity contribution is -0.0223. The normalized spacial score (nSPS) is 38.9. The Morgan fingerprint density at radius 3 is 2.24 bits per heavy atom. The maximum absolute atomic E-state index is 13.9. The fourth-order valence-corrected chi connectivity index (χ4v) is 6.09. The van der Waals surface area contributed by atoms with E-state index in [1.807, 2.05) is 0 Å². The SMILES string of the molecule is Fc1cc(F)cc([C@@H]2CN(C3CCNCC3)[C@@H]3C4CCN(CC4)[C@@H]32)c1. The van der Waals surface area contributed by atoms with Crippen LogP contribution in [0, 0.1) is 17.6 Å². The molecule has 136 valence electrons. The van der Waals surface area contributed by atoms with Gasteiger partial charge in [-0.1, -0.05) is 0 Å². The second kappa shape index (κ2) is 6.29. The molecule has 0 aromatic heterocycles. The summed E-state index contributed by atoms with van der Waals surface area (Å²) in [5, 5.41) is 3.47. The van der Waals surface area contributed by atoms with Gasteiger partial charge in [-0.25, -0.2) is 8.78 Å². The molecule has 5 heteroatoms. The summed E-state index contributed by atoms with van der Waals surface area (Å²) in [6, 6.07) is 5.76. The molecule has 0 unspecified atom stereocenters. The molecule has 5 heterocycles. The Bertz CT molecular complexity index is 618. The maximum atomic E-state index is 13.9. The summed E-state index contributed by atoms with van der Waals surface area (Å²) in [7, 11) is 0. The molecule has 5 aliphatic rings. The zero-order valence-corrected chi connectivity index (χ0v) is 14.6. The Morgan fingerprint density at radius 2 is 1.56 bits per heavy atom. The molecule has 3 atom stereocenters. The van der Waals surface area contributed by atoms with Crippen LogP contribution in [0.4, 0.5) is 8.78 Å². The third-order valence-corrected chi connectivity index (χ3v) is 7.12. The van der Waals surface area contributed by atoms with Gasteiger partial charge in [-0.05, 0) is 75.5 Å². The third-order valence-electron chi connectivity index (χ3n) is 7.12. The van der Waals surface area contributed by atoms with E-state index in [0.29, 0.717) is 18.1 Å². The smallest absolute Gasteiger partial charge is 0.126 e. The maximum Gasteiger partial charge on any atom is 0.126 e. The van der Waals surface area contributed by atoms with Gasteiger partial charge in [-0.15, -0.1) is 0 Å². The van der Waals surface area contributed by atoms with Crippen molar-refractivity contribution in [2.45, 2.75) is 49.7 Å². The first-order chi connectivity index (χ1) is 12.2. The lowest BCUT2D eigenvalue weighted by atomic mass is 9.75. The van der Waals surface area contributed by atoms with Gasteiger partial charge < -0.3 is 5.32 Å². The van der Waals surface area contributed by atoms with E-state index in [-0.39, 0.29) is 5.92 Å². The predicted octanol–water partition coefficient (Wildman–Crippen LogP) is 2.58. The standard InChI is InChI=1S/C20H27F2N3/c21-15-9-14(10-16(22)11-15)18-12-25(17-1-5-23-6-2-17)19-13-3-7-24(8-4-13)20(18)19/h9-11,13,17-20,23H,1-8,12H2/t18-,19+,20+/m0/s1. The molecule has 5 aliphatic heterocycles. The van der Waals surface area contributed by atoms with Crippen LogP contribution >= 0.6 is 0 Å².